The molecule has 0 aliphatic carbocycles. The Balaban J connectivity index is 1.56. The summed E-state index contributed by atoms with van der Waals surface area (Å²) >= 11 is 0. The number of carbonyl (C=O) groups is 2. The van der Waals surface area contributed by atoms with E-state index in [-0.39, 0.29) is 5.70 Å². The highest BCUT2D eigenvalue weighted by Crippen LogP contribution is 2.27. The van der Waals surface area contributed by atoms with Crippen molar-refractivity contribution in [2.45, 2.75) is 0 Å². The first kappa shape index (κ1) is 18.3. The average Bonchev–Trinajstić information content (AvgIpc) is 3.32. The van der Waals surface area contributed by atoms with E-state index >= 15 is 0 Å². The molecule has 2 aromatic carbocycles. The minimum absolute atomic E-state index is 0.159. The normalized spacial score (nSPS) is 14.9. The van der Waals surface area contributed by atoms with Crippen LogP contribution in [-0.2, 0) is 9.53 Å². The molecule has 29 heavy (non-hydrogen) atoms. The molecule has 0 atom stereocenters. The van der Waals surface area contributed by atoms with Crippen molar-refractivity contribution in [3.8, 4) is 11.3 Å². The summed E-state index contributed by atoms with van der Waals surface area (Å²) in [5.41, 5.74) is 2.42. The van der Waals surface area contributed by atoms with Gasteiger partial charge in [-0.15, -0.1) is 0 Å². The summed E-state index contributed by atoms with van der Waals surface area (Å²) in [6, 6.07) is 19.4. The summed E-state index contributed by atoms with van der Waals surface area (Å²) in [6.07, 6.45) is 1.52. The van der Waals surface area contributed by atoms with Crippen LogP contribution in [0.1, 0.15) is 11.3 Å². The van der Waals surface area contributed by atoms with Gasteiger partial charge in [-0.25, -0.2) is 9.69 Å². The van der Waals surface area contributed by atoms with Crippen molar-refractivity contribution in [1.82, 2.24) is 5.32 Å². The van der Waals surface area contributed by atoms with Gasteiger partial charge in [0.15, 0.2) is 0 Å². The standard InChI is InChI=1S/C23H18N2O4/c1-15(28-2)16-8-10-17(11-9-16)21-13-12-19(29-21)14-20-22(26)25(23(27)24-20)18-6-4-3-5-7-18/h3-14H,1H2,2H3,(H,24,27)/b20-14+. The van der Waals surface area contributed by atoms with E-state index in [0.717, 1.165) is 16.0 Å². The minimum atomic E-state index is -0.492. The first-order valence-electron chi connectivity index (χ1n) is 8.92. The van der Waals surface area contributed by atoms with E-state index < -0.39 is 11.9 Å². The van der Waals surface area contributed by atoms with Gasteiger partial charge in [-0.1, -0.05) is 49.0 Å². The van der Waals surface area contributed by atoms with E-state index in [9.17, 15) is 9.59 Å². The quantitative estimate of drug-likeness (QED) is 0.393. The van der Waals surface area contributed by atoms with Gasteiger partial charge >= 0.3 is 6.03 Å². The molecule has 6 heteroatoms. The number of imide groups is 1. The Hall–Kier alpha value is -4.06. The maximum absolute atomic E-state index is 12.6. The van der Waals surface area contributed by atoms with Crippen LogP contribution in [0.25, 0.3) is 23.2 Å². The molecule has 144 valence electrons. The highest BCUT2D eigenvalue weighted by atomic mass is 16.5. The Morgan fingerprint density at radius 3 is 2.45 bits per heavy atom. The first-order chi connectivity index (χ1) is 14.1. The summed E-state index contributed by atoms with van der Waals surface area (Å²) in [6.45, 7) is 3.82. The lowest BCUT2D eigenvalue weighted by atomic mass is 10.1. The third kappa shape index (κ3) is 3.55. The smallest absolute Gasteiger partial charge is 0.333 e. The van der Waals surface area contributed by atoms with Gasteiger partial charge in [-0.2, -0.15) is 0 Å². The van der Waals surface area contributed by atoms with Gasteiger partial charge in [0.2, 0.25) is 0 Å². The predicted molar refractivity (Wildman–Crippen MR) is 111 cm³/mol. The number of para-hydroxylation sites is 1. The van der Waals surface area contributed by atoms with Crippen molar-refractivity contribution in [3.63, 3.8) is 0 Å². The summed E-state index contributed by atoms with van der Waals surface area (Å²) in [5.74, 6) is 1.26. The Kier molecular flexibility index (Phi) is 4.75. The molecule has 1 fully saturated rings. The second kappa shape index (κ2) is 7.52. The zero-order valence-corrected chi connectivity index (χ0v) is 15.7. The molecule has 0 saturated carbocycles. The van der Waals surface area contributed by atoms with Crippen molar-refractivity contribution in [3.05, 3.63) is 90.3 Å². The monoisotopic (exact) mass is 386 g/mol. The molecule has 1 aliphatic heterocycles. The molecule has 1 aliphatic rings. The van der Waals surface area contributed by atoms with Gasteiger partial charge in [-0.05, 0) is 24.3 Å². The second-order valence-electron chi connectivity index (χ2n) is 6.37. The molecular formula is C23H18N2O4. The molecule has 0 bridgehead atoms. The largest absolute Gasteiger partial charge is 0.497 e. The number of methoxy groups -OCH3 is 1. The topological polar surface area (TPSA) is 71.8 Å². The number of ether oxygens (including phenoxy) is 1. The van der Waals surface area contributed by atoms with Crippen LogP contribution < -0.4 is 10.2 Å². The Labute approximate surface area is 167 Å². The lowest BCUT2D eigenvalue weighted by molar-refractivity contribution is -0.113. The fraction of sp³-hybridized carbons (Fsp3) is 0.0435. The van der Waals surface area contributed by atoms with E-state index in [0.29, 0.717) is 23.0 Å². The van der Waals surface area contributed by atoms with Crippen LogP contribution in [0.15, 0.2) is 83.4 Å². The fourth-order valence-electron chi connectivity index (χ4n) is 3.01. The van der Waals surface area contributed by atoms with E-state index in [4.69, 9.17) is 9.15 Å². The fourth-order valence-corrected chi connectivity index (χ4v) is 3.01. The third-order valence-corrected chi connectivity index (χ3v) is 4.54. The molecule has 3 aromatic rings. The third-order valence-electron chi connectivity index (χ3n) is 4.54. The van der Waals surface area contributed by atoms with Crippen molar-refractivity contribution in [1.29, 1.82) is 0 Å². The highest BCUT2D eigenvalue weighted by Gasteiger charge is 2.34. The maximum atomic E-state index is 12.6. The first-order valence-corrected chi connectivity index (χ1v) is 8.92. The number of urea groups is 1. The van der Waals surface area contributed by atoms with Gasteiger partial charge in [-0.3, -0.25) is 4.79 Å². The number of furan rings is 1. The predicted octanol–water partition coefficient (Wildman–Crippen LogP) is 4.66. The van der Waals surface area contributed by atoms with Gasteiger partial charge < -0.3 is 14.5 Å². The molecule has 1 saturated heterocycles. The van der Waals surface area contributed by atoms with Crippen LogP contribution in [0.2, 0.25) is 0 Å². The van der Waals surface area contributed by atoms with E-state index in [2.05, 4.69) is 11.9 Å². The summed E-state index contributed by atoms with van der Waals surface area (Å²) in [7, 11) is 1.57. The number of hydrogen-bond acceptors (Lipinski definition) is 4. The molecule has 6 nitrogen and oxygen atoms in total. The lowest BCUT2D eigenvalue weighted by Gasteiger charge is -2.10. The van der Waals surface area contributed by atoms with Gasteiger partial charge in [0.25, 0.3) is 5.91 Å². The number of nitrogens with zero attached hydrogens (tertiary/aromatic N) is 1. The zero-order valence-electron chi connectivity index (χ0n) is 15.7. The van der Waals surface area contributed by atoms with Crippen LogP contribution >= 0.6 is 0 Å². The number of rotatable bonds is 5. The highest BCUT2D eigenvalue weighted by molar-refractivity contribution is 6.28. The Morgan fingerprint density at radius 1 is 1.03 bits per heavy atom. The molecule has 0 unspecified atom stereocenters. The molecule has 2 heterocycles. The maximum Gasteiger partial charge on any atom is 0.333 e. The SMILES string of the molecule is C=C(OC)c1ccc(-c2ccc(/C=C3/NC(=O)N(c4ccccc4)C3=O)o2)cc1. The summed E-state index contributed by atoms with van der Waals surface area (Å²) < 4.78 is 11.0. The molecular weight excluding hydrogens is 368 g/mol. The summed E-state index contributed by atoms with van der Waals surface area (Å²) in [4.78, 5) is 26.0. The van der Waals surface area contributed by atoms with Crippen LogP contribution in [0.5, 0.6) is 0 Å². The number of amides is 3. The number of hydrogen-bond donors (Lipinski definition) is 1. The van der Waals surface area contributed by atoms with Gasteiger partial charge in [0.05, 0.1) is 12.8 Å². The van der Waals surface area contributed by atoms with Crippen molar-refractivity contribution in [2.24, 2.45) is 0 Å². The molecule has 1 aromatic heterocycles. The van der Waals surface area contributed by atoms with Gasteiger partial charge in [0, 0.05) is 17.2 Å². The summed E-state index contributed by atoms with van der Waals surface area (Å²) in [5, 5.41) is 2.59. The van der Waals surface area contributed by atoms with E-state index in [1.807, 2.05) is 36.4 Å². The van der Waals surface area contributed by atoms with Crippen LogP contribution in [0.3, 0.4) is 0 Å². The minimum Gasteiger partial charge on any atom is -0.497 e. The Bertz CT molecular complexity index is 1110. The van der Waals surface area contributed by atoms with Crippen molar-refractivity contribution < 1.29 is 18.7 Å². The Morgan fingerprint density at radius 2 is 1.76 bits per heavy atom. The van der Waals surface area contributed by atoms with Crippen LogP contribution in [-0.4, -0.2) is 19.0 Å². The molecule has 3 amide bonds. The molecule has 4 rings (SSSR count). The number of nitrogens with one attached hydrogen (secondary N) is 1. The molecule has 0 radical (unpaired) electrons. The second-order valence-corrected chi connectivity index (χ2v) is 6.37. The van der Waals surface area contributed by atoms with E-state index in [1.165, 1.54) is 6.08 Å². The van der Waals surface area contributed by atoms with Crippen molar-refractivity contribution >= 4 is 29.5 Å². The van der Waals surface area contributed by atoms with E-state index in [1.54, 1.807) is 37.4 Å². The average molecular weight is 386 g/mol. The number of carbonyl (C=O) groups excluding carboxylic acids is 2. The molecule has 1 N–H and O–H groups in total. The zero-order chi connectivity index (χ0) is 20.4. The lowest BCUT2D eigenvalue weighted by Crippen LogP contribution is -2.30. The van der Waals surface area contributed by atoms with Gasteiger partial charge in [0.1, 0.15) is 23.0 Å². The van der Waals surface area contributed by atoms with Crippen molar-refractivity contribution in [2.75, 3.05) is 12.0 Å². The molecule has 0 spiro atoms. The number of anilines is 1. The van der Waals surface area contributed by atoms with Crippen LogP contribution in [0, 0.1) is 0 Å². The number of benzene rings is 2. The van der Waals surface area contributed by atoms with Crippen LogP contribution in [0.4, 0.5) is 10.5 Å².